The van der Waals surface area contributed by atoms with E-state index in [-0.39, 0.29) is 16.8 Å². The molecule has 0 saturated carbocycles. The lowest BCUT2D eigenvalue weighted by Gasteiger charge is -2.32. The van der Waals surface area contributed by atoms with Crippen molar-refractivity contribution in [2.24, 2.45) is 0 Å². The van der Waals surface area contributed by atoms with Crippen LogP contribution in [0.5, 0.6) is 5.75 Å². The number of likely N-dealkylation sites (tertiary alicyclic amines) is 1. The Balaban J connectivity index is 2.02. The molecule has 6 nitrogen and oxygen atoms in total. The molecule has 0 aliphatic carbocycles. The maximum atomic E-state index is 12.5. The molecule has 23 heavy (non-hydrogen) atoms. The van der Waals surface area contributed by atoms with Crippen molar-refractivity contribution in [3.63, 3.8) is 0 Å². The molecule has 2 rings (SSSR count). The van der Waals surface area contributed by atoms with Gasteiger partial charge < -0.3 is 9.64 Å². The van der Waals surface area contributed by atoms with E-state index in [1.807, 2.05) is 13.8 Å². The topological polar surface area (TPSA) is 75.7 Å². The number of carbonyl (C=O) groups excluding carboxylic acids is 1. The summed E-state index contributed by atoms with van der Waals surface area (Å²) < 4.78 is 32.9. The van der Waals surface area contributed by atoms with E-state index >= 15 is 0 Å². The highest BCUT2D eigenvalue weighted by Crippen LogP contribution is 2.22. The average Bonchev–Trinajstić information content (AvgIpc) is 2.54. The number of carbonyl (C=O) groups is 1. The van der Waals surface area contributed by atoms with Gasteiger partial charge in [-0.3, -0.25) is 4.79 Å². The third kappa shape index (κ3) is 4.23. The van der Waals surface area contributed by atoms with Gasteiger partial charge in [0.05, 0.1) is 12.0 Å². The minimum absolute atomic E-state index is 0.122. The molecule has 1 aliphatic rings. The predicted molar refractivity (Wildman–Crippen MR) is 87.9 cm³/mol. The van der Waals surface area contributed by atoms with E-state index in [0.29, 0.717) is 38.1 Å². The van der Waals surface area contributed by atoms with Gasteiger partial charge in [0.25, 0.3) is 0 Å². The molecular formula is C16H24N2O4S. The summed E-state index contributed by atoms with van der Waals surface area (Å²) in [7, 11) is -2.00. The zero-order chi connectivity index (χ0) is 17.0. The zero-order valence-corrected chi connectivity index (χ0v) is 14.6. The van der Waals surface area contributed by atoms with E-state index < -0.39 is 10.0 Å². The van der Waals surface area contributed by atoms with Crippen molar-refractivity contribution in [2.75, 3.05) is 20.2 Å². The molecule has 1 aromatic carbocycles. The zero-order valence-electron chi connectivity index (χ0n) is 13.8. The van der Waals surface area contributed by atoms with Gasteiger partial charge >= 0.3 is 0 Å². The number of hydrogen-bond acceptors (Lipinski definition) is 4. The van der Waals surface area contributed by atoms with Gasteiger partial charge in [-0.1, -0.05) is 6.92 Å². The Kier molecular flexibility index (Phi) is 5.64. The van der Waals surface area contributed by atoms with Gasteiger partial charge in [-0.2, -0.15) is 0 Å². The van der Waals surface area contributed by atoms with Crippen molar-refractivity contribution in [1.29, 1.82) is 0 Å². The summed E-state index contributed by atoms with van der Waals surface area (Å²) in [5.74, 6) is 0.785. The molecule has 1 aliphatic heterocycles. The monoisotopic (exact) mass is 340 g/mol. The van der Waals surface area contributed by atoms with Gasteiger partial charge in [-0.15, -0.1) is 0 Å². The van der Waals surface area contributed by atoms with Crippen molar-refractivity contribution in [3.05, 3.63) is 23.8 Å². The second-order valence-electron chi connectivity index (χ2n) is 5.76. The molecule has 0 aromatic heterocycles. The van der Waals surface area contributed by atoms with E-state index in [1.165, 1.54) is 0 Å². The van der Waals surface area contributed by atoms with Crippen LogP contribution in [0.25, 0.3) is 0 Å². The van der Waals surface area contributed by atoms with Crippen LogP contribution in [0.1, 0.15) is 31.7 Å². The molecule has 1 saturated heterocycles. The molecule has 7 heteroatoms. The largest absolute Gasteiger partial charge is 0.496 e. The van der Waals surface area contributed by atoms with Crippen LogP contribution in [-0.4, -0.2) is 45.5 Å². The Hall–Kier alpha value is -1.60. The lowest BCUT2D eigenvalue weighted by Crippen LogP contribution is -2.46. The van der Waals surface area contributed by atoms with Gasteiger partial charge in [-0.05, 0) is 43.5 Å². The minimum Gasteiger partial charge on any atom is -0.496 e. The van der Waals surface area contributed by atoms with E-state index in [9.17, 15) is 13.2 Å². The summed E-state index contributed by atoms with van der Waals surface area (Å²) in [6.07, 6.45) is 1.77. The molecular weight excluding hydrogens is 316 g/mol. The fourth-order valence-corrected chi connectivity index (χ4v) is 4.17. The number of aryl methyl sites for hydroxylation is 1. The molecule has 0 radical (unpaired) electrons. The predicted octanol–water partition coefficient (Wildman–Crippen LogP) is 1.68. The number of nitrogens with one attached hydrogen (secondary N) is 1. The van der Waals surface area contributed by atoms with Crippen molar-refractivity contribution in [1.82, 2.24) is 9.62 Å². The number of rotatable bonds is 5. The second-order valence-corrected chi connectivity index (χ2v) is 7.48. The number of benzene rings is 1. The molecule has 1 heterocycles. The molecule has 0 bridgehead atoms. The van der Waals surface area contributed by atoms with Crippen molar-refractivity contribution in [2.45, 2.75) is 44.0 Å². The first-order valence-corrected chi connectivity index (χ1v) is 9.30. The van der Waals surface area contributed by atoms with Crippen molar-refractivity contribution >= 4 is 15.9 Å². The SMILES string of the molecule is CCC(=O)N1CCC(NS(=O)(=O)c2ccc(OC)c(C)c2)CC1. The average molecular weight is 340 g/mol. The van der Waals surface area contributed by atoms with Crippen LogP contribution >= 0.6 is 0 Å². The second kappa shape index (κ2) is 7.31. The quantitative estimate of drug-likeness (QED) is 0.885. The normalized spacial score (nSPS) is 16.4. The van der Waals surface area contributed by atoms with Gasteiger partial charge in [-0.25, -0.2) is 13.1 Å². The number of hydrogen-bond donors (Lipinski definition) is 1. The fourth-order valence-electron chi connectivity index (χ4n) is 2.78. The molecule has 0 unspecified atom stereocenters. The van der Waals surface area contributed by atoms with E-state index in [0.717, 1.165) is 5.56 Å². The Morgan fingerprint density at radius 2 is 2.00 bits per heavy atom. The Labute approximate surface area is 137 Å². The lowest BCUT2D eigenvalue weighted by atomic mass is 10.1. The van der Waals surface area contributed by atoms with Gasteiger partial charge in [0, 0.05) is 25.6 Å². The number of nitrogens with zero attached hydrogens (tertiary/aromatic N) is 1. The smallest absolute Gasteiger partial charge is 0.240 e. The highest BCUT2D eigenvalue weighted by Gasteiger charge is 2.26. The van der Waals surface area contributed by atoms with Gasteiger partial charge in [0.15, 0.2) is 0 Å². The number of methoxy groups -OCH3 is 1. The van der Waals surface area contributed by atoms with E-state index in [4.69, 9.17) is 4.74 Å². The maximum Gasteiger partial charge on any atom is 0.240 e. The summed E-state index contributed by atoms with van der Waals surface area (Å²) in [6, 6.07) is 4.68. The van der Waals surface area contributed by atoms with Crippen LogP contribution < -0.4 is 9.46 Å². The lowest BCUT2D eigenvalue weighted by molar-refractivity contribution is -0.131. The summed E-state index contributed by atoms with van der Waals surface area (Å²) in [5.41, 5.74) is 0.777. The van der Waals surface area contributed by atoms with Gasteiger partial charge in [0.2, 0.25) is 15.9 Å². The Bertz CT molecular complexity index is 665. The number of sulfonamides is 1. The summed E-state index contributed by atoms with van der Waals surface area (Å²) in [4.78, 5) is 13.7. The summed E-state index contributed by atoms with van der Waals surface area (Å²) >= 11 is 0. The Morgan fingerprint density at radius 3 is 2.52 bits per heavy atom. The fraction of sp³-hybridized carbons (Fsp3) is 0.562. The number of ether oxygens (including phenoxy) is 1. The molecule has 0 atom stereocenters. The van der Waals surface area contributed by atoms with Crippen molar-refractivity contribution in [3.8, 4) is 5.75 Å². The third-order valence-corrected chi connectivity index (χ3v) is 5.67. The number of amides is 1. The molecule has 1 amide bonds. The molecule has 1 aromatic rings. The highest BCUT2D eigenvalue weighted by molar-refractivity contribution is 7.89. The standard InChI is InChI=1S/C16H24N2O4S/c1-4-16(19)18-9-7-13(8-10-18)17-23(20,21)14-5-6-15(22-3)12(2)11-14/h5-6,11,13,17H,4,7-10H2,1-3H3. The van der Waals surface area contributed by atoms with Crippen LogP contribution in [0, 0.1) is 6.92 Å². The first kappa shape index (κ1) is 17.7. The van der Waals surface area contributed by atoms with Crippen LogP contribution in [0.2, 0.25) is 0 Å². The number of piperidine rings is 1. The summed E-state index contributed by atoms with van der Waals surface area (Å²) in [5, 5.41) is 0. The van der Waals surface area contributed by atoms with Crippen LogP contribution in [-0.2, 0) is 14.8 Å². The highest BCUT2D eigenvalue weighted by atomic mass is 32.2. The van der Waals surface area contributed by atoms with E-state index in [2.05, 4.69) is 4.72 Å². The van der Waals surface area contributed by atoms with Crippen LogP contribution in [0.4, 0.5) is 0 Å². The van der Waals surface area contributed by atoms with Crippen molar-refractivity contribution < 1.29 is 17.9 Å². The Morgan fingerprint density at radius 1 is 1.35 bits per heavy atom. The molecule has 1 N–H and O–H groups in total. The molecule has 128 valence electrons. The third-order valence-electron chi connectivity index (χ3n) is 4.15. The minimum atomic E-state index is -3.56. The van der Waals surface area contributed by atoms with E-state index in [1.54, 1.807) is 30.2 Å². The van der Waals surface area contributed by atoms with Gasteiger partial charge in [0.1, 0.15) is 5.75 Å². The van der Waals surface area contributed by atoms with Crippen LogP contribution in [0.3, 0.4) is 0 Å². The van der Waals surface area contributed by atoms with Crippen LogP contribution in [0.15, 0.2) is 23.1 Å². The molecule has 0 spiro atoms. The first-order valence-electron chi connectivity index (χ1n) is 7.82. The summed E-state index contributed by atoms with van der Waals surface area (Å²) in [6.45, 7) is 4.85. The molecule has 1 fully saturated rings. The first-order chi connectivity index (χ1) is 10.9. The maximum absolute atomic E-state index is 12.5.